The minimum atomic E-state index is 0.243. The Morgan fingerprint density at radius 3 is 2.29 bits per heavy atom. The Morgan fingerprint density at radius 1 is 1.12 bits per heavy atom. The Hall–Kier alpha value is -1.24. The molecule has 0 aliphatic carbocycles. The number of ether oxygens (including phenoxy) is 1. The summed E-state index contributed by atoms with van der Waals surface area (Å²) in [4.78, 5) is 0. The van der Waals surface area contributed by atoms with E-state index in [-0.39, 0.29) is 6.10 Å². The Labute approximate surface area is 106 Å². The van der Waals surface area contributed by atoms with Crippen molar-refractivity contribution in [1.29, 1.82) is 0 Å². The summed E-state index contributed by atoms with van der Waals surface area (Å²) in [5, 5.41) is 0. The molecule has 1 atom stereocenters. The van der Waals surface area contributed by atoms with Crippen LogP contribution in [0.25, 0.3) is 0 Å². The van der Waals surface area contributed by atoms with E-state index in [1.807, 2.05) is 13.8 Å². The summed E-state index contributed by atoms with van der Waals surface area (Å²) < 4.78 is 5.63. The highest BCUT2D eigenvalue weighted by atomic mass is 16.5. The molecule has 0 bridgehead atoms. The van der Waals surface area contributed by atoms with Crippen molar-refractivity contribution in [3.05, 3.63) is 42.0 Å². The van der Waals surface area contributed by atoms with Crippen molar-refractivity contribution in [2.24, 2.45) is 5.92 Å². The number of hydrogen-bond acceptors (Lipinski definition) is 1. The van der Waals surface area contributed by atoms with E-state index in [1.54, 1.807) is 0 Å². The van der Waals surface area contributed by atoms with Crippen LogP contribution in [0.5, 0.6) is 5.75 Å². The number of benzene rings is 1. The summed E-state index contributed by atoms with van der Waals surface area (Å²) in [6.07, 6.45) is 6.98. The Kier molecular flexibility index (Phi) is 5.82. The van der Waals surface area contributed by atoms with Gasteiger partial charge in [0, 0.05) is 0 Å². The summed E-state index contributed by atoms with van der Waals surface area (Å²) in [5.74, 6) is 1.56. The van der Waals surface area contributed by atoms with Gasteiger partial charge in [-0.2, -0.15) is 0 Å². The predicted octanol–water partition coefficient (Wildman–Crippen LogP) is 4.62. The first kappa shape index (κ1) is 13.8. The van der Waals surface area contributed by atoms with E-state index >= 15 is 0 Å². The van der Waals surface area contributed by atoms with E-state index in [0.717, 1.165) is 18.6 Å². The minimum Gasteiger partial charge on any atom is -0.491 e. The van der Waals surface area contributed by atoms with Crippen molar-refractivity contribution in [2.75, 3.05) is 0 Å². The van der Waals surface area contributed by atoms with E-state index in [1.165, 1.54) is 5.56 Å². The lowest BCUT2D eigenvalue weighted by Gasteiger charge is -2.11. The van der Waals surface area contributed by atoms with Gasteiger partial charge in [-0.05, 0) is 50.3 Å². The first-order valence-electron chi connectivity index (χ1n) is 6.54. The van der Waals surface area contributed by atoms with Gasteiger partial charge >= 0.3 is 0 Å². The van der Waals surface area contributed by atoms with Crippen LogP contribution in [0, 0.1) is 5.92 Å². The molecule has 0 aliphatic heterocycles. The Morgan fingerprint density at radius 2 is 1.76 bits per heavy atom. The highest BCUT2D eigenvalue weighted by Crippen LogP contribution is 2.16. The molecular formula is C16H24O. The molecule has 0 saturated heterocycles. The molecule has 1 heteroatoms. The molecule has 17 heavy (non-hydrogen) atoms. The molecule has 0 aromatic heterocycles. The van der Waals surface area contributed by atoms with Gasteiger partial charge in [-0.3, -0.25) is 0 Å². The van der Waals surface area contributed by atoms with Crippen LogP contribution in [0.1, 0.15) is 39.7 Å². The molecule has 1 unspecified atom stereocenters. The first-order valence-corrected chi connectivity index (χ1v) is 6.54. The molecule has 1 rings (SSSR count). The standard InChI is InChI=1S/C16H24O/c1-5-6-7-14(4)12-15-8-10-16(11-9-15)17-13(2)3/h6-11,13-14H,5,12H2,1-4H3/b7-6-. The van der Waals surface area contributed by atoms with Crippen molar-refractivity contribution < 1.29 is 4.74 Å². The van der Waals surface area contributed by atoms with Crippen LogP contribution < -0.4 is 4.74 Å². The molecule has 0 N–H and O–H groups in total. The van der Waals surface area contributed by atoms with Crippen LogP contribution in [-0.4, -0.2) is 6.10 Å². The van der Waals surface area contributed by atoms with E-state index in [9.17, 15) is 0 Å². The second kappa shape index (κ2) is 7.16. The van der Waals surface area contributed by atoms with Gasteiger partial charge in [0.25, 0.3) is 0 Å². The number of rotatable bonds is 6. The van der Waals surface area contributed by atoms with Crippen molar-refractivity contribution in [3.63, 3.8) is 0 Å². The third-order valence-electron chi connectivity index (χ3n) is 2.55. The molecule has 1 nitrogen and oxygen atoms in total. The van der Waals surface area contributed by atoms with E-state index in [4.69, 9.17) is 4.74 Å². The zero-order valence-electron chi connectivity index (χ0n) is 11.4. The van der Waals surface area contributed by atoms with Gasteiger partial charge < -0.3 is 4.74 Å². The second-order valence-electron chi connectivity index (χ2n) is 4.83. The Balaban J connectivity index is 2.53. The minimum absolute atomic E-state index is 0.243. The number of hydrogen-bond donors (Lipinski definition) is 0. The Bertz CT molecular complexity index is 335. The zero-order valence-corrected chi connectivity index (χ0v) is 11.4. The monoisotopic (exact) mass is 232 g/mol. The average Bonchev–Trinajstić information content (AvgIpc) is 2.28. The molecule has 1 aromatic carbocycles. The summed E-state index contributed by atoms with van der Waals surface area (Å²) >= 11 is 0. The maximum absolute atomic E-state index is 5.63. The van der Waals surface area contributed by atoms with Gasteiger partial charge in [-0.15, -0.1) is 0 Å². The highest BCUT2D eigenvalue weighted by molar-refractivity contribution is 5.28. The lowest BCUT2D eigenvalue weighted by molar-refractivity contribution is 0.242. The molecule has 0 radical (unpaired) electrons. The van der Waals surface area contributed by atoms with Gasteiger partial charge in [0.15, 0.2) is 0 Å². The van der Waals surface area contributed by atoms with E-state index in [2.05, 4.69) is 50.3 Å². The maximum Gasteiger partial charge on any atom is 0.119 e. The lowest BCUT2D eigenvalue weighted by Crippen LogP contribution is -2.05. The maximum atomic E-state index is 5.63. The van der Waals surface area contributed by atoms with Crippen LogP contribution in [0.3, 0.4) is 0 Å². The van der Waals surface area contributed by atoms with Crippen LogP contribution in [0.15, 0.2) is 36.4 Å². The molecule has 0 spiro atoms. The fourth-order valence-corrected chi connectivity index (χ4v) is 1.78. The molecule has 1 aromatic rings. The average molecular weight is 232 g/mol. The van der Waals surface area contributed by atoms with Crippen molar-refractivity contribution in [3.8, 4) is 5.75 Å². The number of allylic oxidation sites excluding steroid dienone is 2. The quantitative estimate of drug-likeness (QED) is 0.650. The molecule has 0 fully saturated rings. The SMILES string of the molecule is CC/C=C\C(C)Cc1ccc(OC(C)C)cc1. The van der Waals surface area contributed by atoms with Gasteiger partial charge in [0.1, 0.15) is 5.75 Å². The summed E-state index contributed by atoms with van der Waals surface area (Å²) in [6.45, 7) is 8.52. The van der Waals surface area contributed by atoms with Crippen LogP contribution in [-0.2, 0) is 6.42 Å². The smallest absolute Gasteiger partial charge is 0.119 e. The van der Waals surface area contributed by atoms with Gasteiger partial charge in [0.05, 0.1) is 6.10 Å². The fourth-order valence-electron chi connectivity index (χ4n) is 1.78. The first-order chi connectivity index (χ1) is 8.11. The zero-order chi connectivity index (χ0) is 12.7. The third kappa shape index (κ3) is 5.58. The third-order valence-corrected chi connectivity index (χ3v) is 2.55. The predicted molar refractivity (Wildman–Crippen MR) is 74.5 cm³/mol. The van der Waals surface area contributed by atoms with Crippen LogP contribution in [0.4, 0.5) is 0 Å². The second-order valence-corrected chi connectivity index (χ2v) is 4.83. The lowest BCUT2D eigenvalue weighted by atomic mass is 10.0. The normalized spacial score (nSPS) is 13.2. The topological polar surface area (TPSA) is 9.23 Å². The van der Waals surface area contributed by atoms with Crippen LogP contribution in [0.2, 0.25) is 0 Å². The van der Waals surface area contributed by atoms with Crippen molar-refractivity contribution in [2.45, 2.75) is 46.6 Å². The van der Waals surface area contributed by atoms with Gasteiger partial charge in [0.2, 0.25) is 0 Å². The van der Waals surface area contributed by atoms with E-state index < -0.39 is 0 Å². The molecule has 0 saturated carbocycles. The summed E-state index contributed by atoms with van der Waals surface area (Å²) in [6, 6.07) is 8.44. The fraction of sp³-hybridized carbons (Fsp3) is 0.500. The van der Waals surface area contributed by atoms with E-state index in [0.29, 0.717) is 5.92 Å². The molecule has 0 amide bonds. The molecule has 0 heterocycles. The van der Waals surface area contributed by atoms with Gasteiger partial charge in [-0.25, -0.2) is 0 Å². The summed E-state index contributed by atoms with van der Waals surface area (Å²) in [7, 11) is 0. The largest absolute Gasteiger partial charge is 0.491 e. The molecule has 94 valence electrons. The van der Waals surface area contributed by atoms with Crippen molar-refractivity contribution >= 4 is 0 Å². The van der Waals surface area contributed by atoms with Crippen molar-refractivity contribution in [1.82, 2.24) is 0 Å². The molecule has 0 aliphatic rings. The summed E-state index contributed by atoms with van der Waals surface area (Å²) in [5.41, 5.74) is 1.37. The molecular weight excluding hydrogens is 208 g/mol. The van der Waals surface area contributed by atoms with Crippen LogP contribution >= 0.6 is 0 Å². The highest BCUT2D eigenvalue weighted by Gasteiger charge is 2.01. The van der Waals surface area contributed by atoms with Gasteiger partial charge in [-0.1, -0.05) is 38.1 Å².